The van der Waals surface area contributed by atoms with Gasteiger partial charge in [-0.1, -0.05) is 19.8 Å². The number of amides is 2. The molecule has 1 aliphatic heterocycles. The number of unbranched alkanes of at least 4 members (excludes halogenated alkanes) is 2. The fraction of sp³-hybridized carbons (Fsp3) is 0.824. The highest BCUT2D eigenvalue weighted by Crippen LogP contribution is 2.42. The molecule has 9 nitrogen and oxygen atoms in total. The molecule has 0 aromatic rings. The lowest BCUT2D eigenvalue weighted by atomic mass is 9.79. The van der Waals surface area contributed by atoms with Crippen LogP contribution in [0.5, 0.6) is 0 Å². The molecule has 9 heteroatoms. The van der Waals surface area contributed by atoms with Crippen LogP contribution in [0.2, 0.25) is 0 Å². The quantitative estimate of drug-likeness (QED) is 0.216. The number of hydrogen-bond donors (Lipinski definition) is 3. The SMILES string of the molecule is CCCCCOC[C@H]1C[C@](C/C(C)=N\NC(N)=O)(C(=O)OCC)[C@H](O)O1. The van der Waals surface area contributed by atoms with Crippen LogP contribution in [0.4, 0.5) is 4.79 Å². The largest absolute Gasteiger partial charge is 0.465 e. The van der Waals surface area contributed by atoms with Crippen molar-refractivity contribution in [3.63, 3.8) is 0 Å². The lowest BCUT2D eigenvalue weighted by Crippen LogP contribution is -2.42. The van der Waals surface area contributed by atoms with Gasteiger partial charge in [0.2, 0.25) is 0 Å². The molecule has 150 valence electrons. The Hall–Kier alpha value is -1.71. The van der Waals surface area contributed by atoms with E-state index in [1.165, 1.54) is 0 Å². The molecule has 0 radical (unpaired) electrons. The van der Waals surface area contributed by atoms with Crippen molar-refractivity contribution >= 4 is 17.7 Å². The molecule has 0 aromatic carbocycles. The Morgan fingerprint density at radius 2 is 2.12 bits per heavy atom. The first kappa shape index (κ1) is 22.3. The van der Waals surface area contributed by atoms with Gasteiger partial charge in [-0.25, -0.2) is 10.2 Å². The molecule has 3 atom stereocenters. The summed E-state index contributed by atoms with van der Waals surface area (Å²) in [7, 11) is 0. The number of aliphatic hydroxyl groups excluding tert-OH is 1. The van der Waals surface area contributed by atoms with E-state index in [0.29, 0.717) is 12.3 Å². The Balaban J connectivity index is 2.77. The average Bonchev–Trinajstić information content (AvgIpc) is 2.89. The van der Waals surface area contributed by atoms with Crippen molar-refractivity contribution < 1.29 is 28.9 Å². The van der Waals surface area contributed by atoms with Crippen molar-refractivity contribution in [2.75, 3.05) is 19.8 Å². The molecule has 0 unspecified atom stereocenters. The molecular formula is C17H31N3O6. The highest BCUT2D eigenvalue weighted by molar-refractivity contribution is 5.90. The summed E-state index contributed by atoms with van der Waals surface area (Å²) in [6.07, 6.45) is 1.69. The van der Waals surface area contributed by atoms with Gasteiger partial charge in [-0.3, -0.25) is 4.79 Å². The fourth-order valence-corrected chi connectivity index (χ4v) is 2.97. The zero-order chi connectivity index (χ0) is 19.6. The summed E-state index contributed by atoms with van der Waals surface area (Å²) in [6.45, 7) is 6.51. The van der Waals surface area contributed by atoms with E-state index in [2.05, 4.69) is 17.5 Å². The molecule has 0 bridgehead atoms. The maximum atomic E-state index is 12.5. The smallest absolute Gasteiger partial charge is 0.332 e. The minimum Gasteiger partial charge on any atom is -0.465 e. The lowest BCUT2D eigenvalue weighted by Gasteiger charge is -2.28. The van der Waals surface area contributed by atoms with E-state index in [1.807, 2.05) is 0 Å². The lowest BCUT2D eigenvalue weighted by molar-refractivity contribution is -0.180. The third-order valence-corrected chi connectivity index (χ3v) is 4.19. The molecule has 1 saturated heterocycles. The number of hydrazone groups is 1. The van der Waals surface area contributed by atoms with Crippen LogP contribution < -0.4 is 11.2 Å². The number of carbonyl (C=O) groups is 2. The predicted molar refractivity (Wildman–Crippen MR) is 95.4 cm³/mol. The van der Waals surface area contributed by atoms with Crippen LogP contribution in [0, 0.1) is 5.41 Å². The van der Waals surface area contributed by atoms with E-state index in [4.69, 9.17) is 19.9 Å². The van der Waals surface area contributed by atoms with Gasteiger partial charge in [0, 0.05) is 18.7 Å². The summed E-state index contributed by atoms with van der Waals surface area (Å²) < 4.78 is 16.3. The molecular weight excluding hydrogens is 342 g/mol. The molecule has 26 heavy (non-hydrogen) atoms. The summed E-state index contributed by atoms with van der Waals surface area (Å²) >= 11 is 0. The van der Waals surface area contributed by atoms with Crippen molar-refractivity contribution in [1.29, 1.82) is 0 Å². The molecule has 1 heterocycles. The Bertz CT molecular complexity index is 499. The van der Waals surface area contributed by atoms with Gasteiger partial charge in [0.05, 0.1) is 19.3 Å². The zero-order valence-electron chi connectivity index (χ0n) is 15.8. The molecule has 4 N–H and O–H groups in total. The number of nitrogens with zero attached hydrogens (tertiary/aromatic N) is 1. The first-order valence-corrected chi connectivity index (χ1v) is 9.02. The van der Waals surface area contributed by atoms with E-state index in [-0.39, 0.29) is 26.1 Å². The normalized spacial score (nSPS) is 25.9. The van der Waals surface area contributed by atoms with Crippen molar-refractivity contribution in [2.24, 2.45) is 16.3 Å². The maximum Gasteiger partial charge on any atom is 0.332 e. The zero-order valence-corrected chi connectivity index (χ0v) is 15.8. The number of primary amides is 1. The molecule has 0 aliphatic carbocycles. The summed E-state index contributed by atoms with van der Waals surface area (Å²) in [5.74, 6) is -0.561. The van der Waals surface area contributed by atoms with Crippen molar-refractivity contribution in [3.05, 3.63) is 0 Å². The first-order valence-electron chi connectivity index (χ1n) is 9.02. The number of rotatable bonds is 11. The van der Waals surface area contributed by atoms with Gasteiger partial charge in [-0.15, -0.1) is 0 Å². The molecule has 0 aromatic heterocycles. The van der Waals surface area contributed by atoms with Crippen LogP contribution in [-0.2, 0) is 19.0 Å². The van der Waals surface area contributed by atoms with E-state index >= 15 is 0 Å². The highest BCUT2D eigenvalue weighted by Gasteiger charge is 2.55. The third-order valence-electron chi connectivity index (χ3n) is 4.19. The van der Waals surface area contributed by atoms with Gasteiger partial charge in [0.25, 0.3) is 0 Å². The number of hydrogen-bond acceptors (Lipinski definition) is 7. The van der Waals surface area contributed by atoms with Crippen LogP contribution in [0.3, 0.4) is 0 Å². The average molecular weight is 373 g/mol. The second-order valence-corrected chi connectivity index (χ2v) is 6.47. The number of carbonyl (C=O) groups excluding carboxylic acids is 2. The number of nitrogens with one attached hydrogen (secondary N) is 1. The number of urea groups is 1. The van der Waals surface area contributed by atoms with Gasteiger partial charge < -0.3 is 25.1 Å². The summed E-state index contributed by atoms with van der Waals surface area (Å²) in [6, 6.07) is -0.809. The molecule has 1 aliphatic rings. The second-order valence-electron chi connectivity index (χ2n) is 6.47. The van der Waals surface area contributed by atoms with E-state index in [9.17, 15) is 14.7 Å². The Morgan fingerprint density at radius 3 is 2.73 bits per heavy atom. The minimum absolute atomic E-state index is 0.0691. The van der Waals surface area contributed by atoms with Gasteiger partial charge in [-0.05, 0) is 26.7 Å². The van der Waals surface area contributed by atoms with Gasteiger partial charge >= 0.3 is 12.0 Å². The topological polar surface area (TPSA) is 132 Å². The maximum absolute atomic E-state index is 12.5. The first-order chi connectivity index (χ1) is 12.4. The summed E-state index contributed by atoms with van der Waals surface area (Å²) in [5.41, 5.74) is 6.23. The van der Waals surface area contributed by atoms with Crippen LogP contribution >= 0.6 is 0 Å². The highest BCUT2D eigenvalue weighted by atomic mass is 16.6. The Kier molecular flexibility index (Phi) is 9.53. The van der Waals surface area contributed by atoms with Crippen molar-refractivity contribution in [2.45, 2.75) is 65.3 Å². The van der Waals surface area contributed by atoms with Gasteiger partial charge in [0.15, 0.2) is 6.29 Å². The standard InChI is InChI=1S/C17H31N3O6/c1-4-6-7-8-24-11-13-10-17(15(22)26-13,14(21)25-5-2)9-12(3)19-20-16(18)23/h13,15,22H,4-11H2,1-3H3,(H3,18,20,23)/b19-12-/t13-,15-,17-/m1/s1. The molecule has 1 rings (SSSR count). The number of nitrogens with two attached hydrogens (primary N) is 1. The monoisotopic (exact) mass is 373 g/mol. The van der Waals surface area contributed by atoms with E-state index < -0.39 is 29.8 Å². The third kappa shape index (κ3) is 6.54. The van der Waals surface area contributed by atoms with Crippen molar-refractivity contribution in [3.8, 4) is 0 Å². The number of aliphatic hydroxyl groups is 1. The number of ether oxygens (including phenoxy) is 3. The molecule has 1 fully saturated rings. The summed E-state index contributed by atoms with van der Waals surface area (Å²) in [5, 5.41) is 14.2. The van der Waals surface area contributed by atoms with E-state index in [1.54, 1.807) is 13.8 Å². The summed E-state index contributed by atoms with van der Waals surface area (Å²) in [4.78, 5) is 23.3. The van der Waals surface area contributed by atoms with E-state index in [0.717, 1.165) is 19.3 Å². The Morgan fingerprint density at radius 1 is 1.38 bits per heavy atom. The predicted octanol–water partition coefficient (Wildman–Crippen LogP) is 1.28. The Labute approximate surface area is 154 Å². The number of esters is 1. The van der Waals surface area contributed by atoms with Crippen LogP contribution in [0.1, 0.15) is 52.9 Å². The minimum atomic E-state index is -1.34. The van der Waals surface area contributed by atoms with Crippen LogP contribution in [-0.4, -0.2) is 55.0 Å². The van der Waals surface area contributed by atoms with Crippen molar-refractivity contribution in [1.82, 2.24) is 5.43 Å². The van der Waals surface area contributed by atoms with Gasteiger partial charge in [-0.2, -0.15) is 5.10 Å². The fourth-order valence-electron chi connectivity index (χ4n) is 2.97. The van der Waals surface area contributed by atoms with Gasteiger partial charge in [0.1, 0.15) is 5.41 Å². The van der Waals surface area contributed by atoms with Crippen LogP contribution in [0.25, 0.3) is 0 Å². The molecule has 0 spiro atoms. The van der Waals surface area contributed by atoms with Crippen LogP contribution in [0.15, 0.2) is 5.10 Å². The molecule has 0 saturated carbocycles. The molecule has 2 amide bonds. The second kappa shape index (κ2) is 11.1.